The molecule has 0 radical (unpaired) electrons. The number of thiazole rings is 1. The Morgan fingerprint density at radius 3 is 2.41 bits per heavy atom. The van der Waals surface area contributed by atoms with E-state index in [1.54, 1.807) is 0 Å². The molecule has 4 heteroatoms. The van der Waals surface area contributed by atoms with Crippen LogP contribution < -0.4 is 4.87 Å². The van der Waals surface area contributed by atoms with Gasteiger partial charge in [0.05, 0.1) is 5.69 Å². The highest BCUT2D eigenvalue weighted by atomic mass is 32.1. The van der Waals surface area contributed by atoms with Gasteiger partial charge in [0.15, 0.2) is 0 Å². The average Bonchev–Trinajstić information content (AvgIpc) is 2.80. The van der Waals surface area contributed by atoms with E-state index in [0.717, 1.165) is 48.6 Å². The van der Waals surface area contributed by atoms with Gasteiger partial charge in [0.2, 0.25) is 0 Å². The van der Waals surface area contributed by atoms with Crippen LogP contribution in [0.15, 0.2) is 23.0 Å². The Hall–Kier alpha value is -1.39. The van der Waals surface area contributed by atoms with Gasteiger partial charge in [-0.05, 0) is 45.3 Å². The molecule has 2 rings (SSSR count). The summed E-state index contributed by atoms with van der Waals surface area (Å²) in [5.74, 6) is 0. The van der Waals surface area contributed by atoms with Crippen LogP contribution in [0.3, 0.4) is 0 Å². The summed E-state index contributed by atoms with van der Waals surface area (Å²) in [6.45, 7) is 11.6. The third kappa shape index (κ3) is 4.08. The molecule has 0 atom stereocenters. The summed E-state index contributed by atoms with van der Waals surface area (Å²) >= 11 is 1.35. The Morgan fingerprint density at radius 2 is 1.82 bits per heavy atom. The van der Waals surface area contributed by atoms with Gasteiger partial charge in [-0.3, -0.25) is 9.69 Å². The number of hydrogen-bond acceptors (Lipinski definition) is 3. The molecule has 0 saturated carbocycles. The van der Waals surface area contributed by atoms with Crippen molar-refractivity contribution in [1.82, 2.24) is 9.88 Å². The molecule has 120 valence electrons. The fraction of sp³-hybridized carbons (Fsp3) is 0.500. The van der Waals surface area contributed by atoms with E-state index < -0.39 is 0 Å². The van der Waals surface area contributed by atoms with Crippen LogP contribution in [0.1, 0.15) is 42.7 Å². The minimum absolute atomic E-state index is 0.0397. The van der Waals surface area contributed by atoms with Crippen molar-refractivity contribution in [3.05, 3.63) is 43.9 Å². The molecule has 0 bridgehead atoms. The molecule has 1 aromatic heterocycles. The molecule has 0 fully saturated rings. The lowest BCUT2D eigenvalue weighted by molar-refractivity contribution is 0.269. The van der Waals surface area contributed by atoms with Gasteiger partial charge < -0.3 is 4.98 Å². The van der Waals surface area contributed by atoms with E-state index in [2.05, 4.69) is 55.8 Å². The SMILES string of the molecule is CCCN(CCC)Cc1sc(=O)[nH]c1-c1ccc(C)cc1C. The van der Waals surface area contributed by atoms with Crippen LogP contribution in [0.25, 0.3) is 11.3 Å². The van der Waals surface area contributed by atoms with E-state index in [4.69, 9.17) is 0 Å². The molecule has 0 aliphatic carbocycles. The minimum Gasteiger partial charge on any atom is -0.312 e. The molecule has 0 amide bonds. The van der Waals surface area contributed by atoms with Crippen LogP contribution >= 0.6 is 11.3 Å². The molecular formula is C18H26N2OS. The van der Waals surface area contributed by atoms with E-state index in [1.807, 2.05) is 0 Å². The number of benzene rings is 1. The number of hydrogen-bond donors (Lipinski definition) is 1. The second-order valence-electron chi connectivity index (χ2n) is 5.91. The quantitative estimate of drug-likeness (QED) is 0.824. The van der Waals surface area contributed by atoms with Gasteiger partial charge in [0.1, 0.15) is 0 Å². The van der Waals surface area contributed by atoms with Gasteiger partial charge in [-0.2, -0.15) is 0 Å². The Morgan fingerprint density at radius 1 is 1.14 bits per heavy atom. The Bertz CT molecular complexity index is 666. The Kier molecular flexibility index (Phi) is 5.98. The van der Waals surface area contributed by atoms with Crippen LogP contribution in [0.2, 0.25) is 0 Å². The minimum atomic E-state index is 0.0397. The molecule has 0 aliphatic heterocycles. The molecule has 0 spiro atoms. The predicted molar refractivity (Wildman–Crippen MR) is 95.7 cm³/mol. The van der Waals surface area contributed by atoms with Crippen molar-refractivity contribution in [3.63, 3.8) is 0 Å². The molecule has 0 saturated heterocycles. The summed E-state index contributed by atoms with van der Waals surface area (Å²) in [4.78, 5) is 18.6. The zero-order valence-corrected chi connectivity index (χ0v) is 14.8. The Labute approximate surface area is 137 Å². The molecule has 22 heavy (non-hydrogen) atoms. The highest BCUT2D eigenvalue weighted by Gasteiger charge is 2.15. The third-order valence-electron chi connectivity index (χ3n) is 3.82. The first-order valence-corrected chi connectivity index (χ1v) is 8.88. The number of aryl methyl sites for hydroxylation is 2. The van der Waals surface area contributed by atoms with Crippen LogP contribution in [-0.2, 0) is 6.54 Å². The van der Waals surface area contributed by atoms with E-state index >= 15 is 0 Å². The van der Waals surface area contributed by atoms with Crippen molar-refractivity contribution in [2.24, 2.45) is 0 Å². The second kappa shape index (κ2) is 7.75. The highest BCUT2D eigenvalue weighted by molar-refractivity contribution is 7.09. The number of rotatable bonds is 7. The molecule has 0 unspecified atom stereocenters. The van der Waals surface area contributed by atoms with E-state index in [1.165, 1.54) is 22.5 Å². The van der Waals surface area contributed by atoms with Crippen molar-refractivity contribution < 1.29 is 0 Å². The molecule has 1 N–H and O–H groups in total. The van der Waals surface area contributed by atoms with Crippen molar-refractivity contribution in [2.45, 2.75) is 47.1 Å². The van der Waals surface area contributed by atoms with Crippen LogP contribution in [0.5, 0.6) is 0 Å². The fourth-order valence-corrected chi connectivity index (χ4v) is 3.78. The largest absolute Gasteiger partial charge is 0.312 e. The van der Waals surface area contributed by atoms with Gasteiger partial charge in [0.25, 0.3) is 0 Å². The maximum Gasteiger partial charge on any atom is 0.305 e. The van der Waals surface area contributed by atoms with E-state index in [9.17, 15) is 4.79 Å². The zero-order valence-electron chi connectivity index (χ0n) is 14.0. The predicted octanol–water partition coefficient (Wildman–Crippen LogP) is 4.34. The van der Waals surface area contributed by atoms with Gasteiger partial charge >= 0.3 is 4.87 Å². The van der Waals surface area contributed by atoms with Gasteiger partial charge in [-0.25, -0.2) is 0 Å². The first-order chi connectivity index (χ1) is 10.5. The standard InChI is InChI=1S/C18H26N2OS/c1-5-9-20(10-6-2)12-16-17(19-18(21)22-16)15-8-7-13(3)11-14(15)4/h7-8,11H,5-6,9-10,12H2,1-4H3,(H,19,21). The maximum absolute atomic E-state index is 11.9. The summed E-state index contributed by atoms with van der Waals surface area (Å²) in [6, 6.07) is 6.40. The molecule has 1 heterocycles. The van der Waals surface area contributed by atoms with Crippen LogP contribution in [-0.4, -0.2) is 23.0 Å². The number of nitrogens with one attached hydrogen (secondary N) is 1. The van der Waals surface area contributed by atoms with Crippen LogP contribution in [0.4, 0.5) is 0 Å². The number of H-pyrrole nitrogens is 1. The second-order valence-corrected chi connectivity index (χ2v) is 6.97. The number of nitrogens with zero attached hydrogens (tertiary/aromatic N) is 1. The molecule has 0 aliphatic rings. The summed E-state index contributed by atoms with van der Waals surface area (Å²) in [6.07, 6.45) is 2.27. The van der Waals surface area contributed by atoms with Crippen molar-refractivity contribution >= 4 is 11.3 Å². The van der Waals surface area contributed by atoms with Crippen molar-refractivity contribution in [1.29, 1.82) is 0 Å². The molecular weight excluding hydrogens is 292 g/mol. The Balaban J connectivity index is 2.35. The molecule has 3 nitrogen and oxygen atoms in total. The molecule has 1 aromatic carbocycles. The first-order valence-electron chi connectivity index (χ1n) is 8.07. The topological polar surface area (TPSA) is 36.1 Å². The van der Waals surface area contributed by atoms with Gasteiger partial charge in [-0.1, -0.05) is 48.9 Å². The lowest BCUT2D eigenvalue weighted by Crippen LogP contribution is -2.24. The summed E-state index contributed by atoms with van der Waals surface area (Å²) in [5, 5.41) is 0. The highest BCUT2D eigenvalue weighted by Crippen LogP contribution is 2.28. The summed E-state index contributed by atoms with van der Waals surface area (Å²) in [7, 11) is 0. The number of aromatic amines is 1. The molecule has 2 aromatic rings. The first kappa shape index (κ1) is 17.0. The lowest BCUT2D eigenvalue weighted by Gasteiger charge is -2.20. The third-order valence-corrected chi connectivity index (χ3v) is 4.69. The average molecular weight is 318 g/mol. The summed E-state index contributed by atoms with van der Waals surface area (Å²) in [5.41, 5.74) is 4.61. The van der Waals surface area contributed by atoms with Gasteiger partial charge in [-0.15, -0.1) is 0 Å². The fourth-order valence-electron chi connectivity index (χ4n) is 2.89. The van der Waals surface area contributed by atoms with Crippen LogP contribution in [0, 0.1) is 13.8 Å². The number of aromatic nitrogens is 1. The smallest absolute Gasteiger partial charge is 0.305 e. The monoisotopic (exact) mass is 318 g/mol. The normalized spacial score (nSPS) is 11.3. The van der Waals surface area contributed by atoms with E-state index in [-0.39, 0.29) is 4.87 Å². The van der Waals surface area contributed by atoms with Gasteiger partial charge in [0, 0.05) is 17.0 Å². The van der Waals surface area contributed by atoms with Crippen molar-refractivity contribution in [3.8, 4) is 11.3 Å². The zero-order chi connectivity index (χ0) is 16.1. The lowest BCUT2D eigenvalue weighted by atomic mass is 10.0. The van der Waals surface area contributed by atoms with Crippen molar-refractivity contribution in [2.75, 3.05) is 13.1 Å². The summed E-state index contributed by atoms with van der Waals surface area (Å²) < 4.78 is 0. The van der Waals surface area contributed by atoms with E-state index in [0.29, 0.717) is 0 Å². The maximum atomic E-state index is 11.9.